The van der Waals surface area contributed by atoms with Crippen molar-refractivity contribution in [1.29, 1.82) is 0 Å². The normalized spacial score (nSPS) is 10.6. The Hall–Kier alpha value is -2.11. The first-order valence-electron chi connectivity index (χ1n) is 4.85. The number of carbonyl (C=O) groups excluding carboxylic acids is 1. The van der Waals surface area contributed by atoms with E-state index in [0.717, 1.165) is 0 Å². The van der Waals surface area contributed by atoms with Gasteiger partial charge in [0.25, 0.3) is 0 Å². The first-order chi connectivity index (χ1) is 7.65. The molecular formula is C10H11N3O3. The highest BCUT2D eigenvalue weighted by Gasteiger charge is 2.17. The Labute approximate surface area is 91.3 Å². The number of aryl methyl sites for hydroxylation is 1. The van der Waals surface area contributed by atoms with Gasteiger partial charge in [-0.05, 0) is 13.8 Å². The number of nitrogens with one attached hydrogen (secondary N) is 1. The fraction of sp³-hybridized carbons (Fsp3) is 0.300. The summed E-state index contributed by atoms with van der Waals surface area (Å²) in [5.41, 5.74) is 1.31. The number of nitrogens with zero attached hydrogens (tertiary/aromatic N) is 2. The molecule has 0 unspecified atom stereocenters. The van der Waals surface area contributed by atoms with Crippen LogP contribution in [-0.2, 0) is 4.74 Å². The zero-order chi connectivity index (χ0) is 11.7. The molecule has 0 bridgehead atoms. The number of pyridine rings is 1. The van der Waals surface area contributed by atoms with Crippen molar-refractivity contribution < 1.29 is 14.6 Å². The number of aromatic amines is 1. The molecule has 0 saturated carbocycles. The van der Waals surface area contributed by atoms with Gasteiger partial charge in [-0.25, -0.2) is 9.78 Å². The Morgan fingerprint density at radius 2 is 2.38 bits per heavy atom. The molecule has 0 spiro atoms. The summed E-state index contributed by atoms with van der Waals surface area (Å²) >= 11 is 0. The van der Waals surface area contributed by atoms with Gasteiger partial charge in [-0.3, -0.25) is 5.10 Å². The summed E-state index contributed by atoms with van der Waals surface area (Å²) in [4.78, 5) is 15.3. The SMILES string of the molecule is CCOC(=O)c1cnc(O)c2c(C)n[nH]c12. The Morgan fingerprint density at radius 3 is 3.06 bits per heavy atom. The first-order valence-corrected chi connectivity index (χ1v) is 4.85. The van der Waals surface area contributed by atoms with E-state index in [-0.39, 0.29) is 18.1 Å². The molecule has 0 atom stereocenters. The average Bonchev–Trinajstić information content (AvgIpc) is 2.62. The van der Waals surface area contributed by atoms with Gasteiger partial charge in [0.15, 0.2) is 0 Å². The molecule has 0 aliphatic carbocycles. The van der Waals surface area contributed by atoms with E-state index < -0.39 is 5.97 Å². The number of aromatic nitrogens is 3. The first kappa shape index (κ1) is 10.4. The van der Waals surface area contributed by atoms with Crippen LogP contribution in [0.5, 0.6) is 5.88 Å². The summed E-state index contributed by atoms with van der Waals surface area (Å²) in [5, 5.41) is 16.6. The van der Waals surface area contributed by atoms with Crippen molar-refractivity contribution in [2.75, 3.05) is 6.61 Å². The Bertz CT molecular complexity index is 547. The van der Waals surface area contributed by atoms with Crippen LogP contribution in [0.1, 0.15) is 23.0 Å². The number of aromatic hydroxyl groups is 1. The molecule has 2 rings (SSSR count). The molecule has 2 heterocycles. The second kappa shape index (κ2) is 3.80. The van der Waals surface area contributed by atoms with Crippen LogP contribution in [0.15, 0.2) is 6.20 Å². The van der Waals surface area contributed by atoms with E-state index in [1.54, 1.807) is 13.8 Å². The third kappa shape index (κ3) is 1.48. The fourth-order valence-corrected chi connectivity index (χ4v) is 1.52. The van der Waals surface area contributed by atoms with Crippen molar-refractivity contribution >= 4 is 16.9 Å². The number of rotatable bonds is 2. The van der Waals surface area contributed by atoms with E-state index in [1.165, 1.54) is 6.20 Å². The highest BCUT2D eigenvalue weighted by molar-refractivity contribution is 6.04. The van der Waals surface area contributed by atoms with Gasteiger partial charge in [0.2, 0.25) is 5.88 Å². The molecule has 16 heavy (non-hydrogen) atoms. The fourth-order valence-electron chi connectivity index (χ4n) is 1.52. The summed E-state index contributed by atoms with van der Waals surface area (Å²) in [5.74, 6) is -0.627. The maximum absolute atomic E-state index is 11.6. The van der Waals surface area contributed by atoms with Gasteiger partial charge in [0, 0.05) is 6.20 Å². The molecule has 84 valence electrons. The number of H-pyrrole nitrogens is 1. The molecule has 6 heteroatoms. The largest absolute Gasteiger partial charge is 0.493 e. The quantitative estimate of drug-likeness (QED) is 0.742. The van der Waals surface area contributed by atoms with Gasteiger partial charge in [0.1, 0.15) is 5.56 Å². The molecular weight excluding hydrogens is 210 g/mol. The van der Waals surface area contributed by atoms with Crippen LogP contribution in [0.25, 0.3) is 10.9 Å². The lowest BCUT2D eigenvalue weighted by molar-refractivity contribution is 0.0528. The molecule has 6 nitrogen and oxygen atoms in total. The monoisotopic (exact) mass is 221 g/mol. The molecule has 0 aliphatic heterocycles. The van der Waals surface area contributed by atoms with E-state index in [1.807, 2.05) is 0 Å². The lowest BCUT2D eigenvalue weighted by Gasteiger charge is -2.03. The van der Waals surface area contributed by atoms with Crippen molar-refractivity contribution in [3.63, 3.8) is 0 Å². The van der Waals surface area contributed by atoms with Gasteiger partial charge in [0.05, 0.1) is 23.2 Å². The number of carbonyl (C=O) groups is 1. The highest BCUT2D eigenvalue weighted by Crippen LogP contribution is 2.26. The number of fused-ring (bicyclic) bond motifs is 1. The molecule has 0 saturated heterocycles. The lowest BCUT2D eigenvalue weighted by atomic mass is 10.2. The van der Waals surface area contributed by atoms with E-state index in [2.05, 4.69) is 15.2 Å². The second-order valence-electron chi connectivity index (χ2n) is 3.27. The van der Waals surface area contributed by atoms with Crippen molar-refractivity contribution in [2.24, 2.45) is 0 Å². The predicted octanol–water partition coefficient (Wildman–Crippen LogP) is 1.15. The predicted molar refractivity (Wildman–Crippen MR) is 56.2 cm³/mol. The van der Waals surface area contributed by atoms with E-state index >= 15 is 0 Å². The topological polar surface area (TPSA) is 88.1 Å². The minimum Gasteiger partial charge on any atom is -0.493 e. The summed E-state index contributed by atoms with van der Waals surface area (Å²) in [6.45, 7) is 3.73. The Kier molecular flexibility index (Phi) is 2.47. The minimum absolute atomic E-state index is 0.144. The minimum atomic E-state index is -0.483. The summed E-state index contributed by atoms with van der Waals surface area (Å²) in [7, 11) is 0. The number of hydrogen-bond donors (Lipinski definition) is 2. The van der Waals surface area contributed by atoms with Crippen LogP contribution in [0.2, 0.25) is 0 Å². The Morgan fingerprint density at radius 1 is 1.62 bits per heavy atom. The molecule has 0 aliphatic rings. The van der Waals surface area contributed by atoms with Crippen molar-refractivity contribution in [3.05, 3.63) is 17.5 Å². The van der Waals surface area contributed by atoms with Crippen LogP contribution in [0.4, 0.5) is 0 Å². The number of esters is 1. The van der Waals surface area contributed by atoms with E-state index in [4.69, 9.17) is 4.74 Å². The lowest BCUT2D eigenvalue weighted by Crippen LogP contribution is -2.06. The van der Waals surface area contributed by atoms with E-state index in [9.17, 15) is 9.90 Å². The summed E-state index contributed by atoms with van der Waals surface area (Å²) < 4.78 is 4.88. The standard InChI is InChI=1S/C10H11N3O3/c1-3-16-10(15)6-4-11-9(14)7-5(2)12-13-8(6)7/h4H,3H2,1-2H3,(H,11,14)(H,12,13). The molecule has 2 aromatic heterocycles. The van der Waals surface area contributed by atoms with Gasteiger partial charge in [-0.15, -0.1) is 0 Å². The van der Waals surface area contributed by atoms with Gasteiger partial charge >= 0.3 is 5.97 Å². The third-order valence-electron chi connectivity index (χ3n) is 2.25. The second-order valence-corrected chi connectivity index (χ2v) is 3.27. The molecule has 2 aromatic rings. The molecule has 0 radical (unpaired) electrons. The molecule has 0 aromatic carbocycles. The zero-order valence-electron chi connectivity index (χ0n) is 8.94. The van der Waals surface area contributed by atoms with Crippen LogP contribution in [0, 0.1) is 6.92 Å². The molecule has 0 amide bonds. The van der Waals surface area contributed by atoms with Crippen molar-refractivity contribution in [3.8, 4) is 5.88 Å². The highest BCUT2D eigenvalue weighted by atomic mass is 16.5. The average molecular weight is 221 g/mol. The van der Waals surface area contributed by atoms with Gasteiger partial charge in [-0.2, -0.15) is 5.10 Å². The van der Waals surface area contributed by atoms with Crippen LogP contribution >= 0.6 is 0 Å². The van der Waals surface area contributed by atoms with Crippen LogP contribution in [0.3, 0.4) is 0 Å². The van der Waals surface area contributed by atoms with Crippen molar-refractivity contribution in [1.82, 2.24) is 15.2 Å². The summed E-state index contributed by atoms with van der Waals surface area (Å²) in [6.07, 6.45) is 1.27. The number of ether oxygens (including phenoxy) is 1. The van der Waals surface area contributed by atoms with Gasteiger partial charge < -0.3 is 9.84 Å². The van der Waals surface area contributed by atoms with Gasteiger partial charge in [-0.1, -0.05) is 0 Å². The van der Waals surface area contributed by atoms with Crippen LogP contribution < -0.4 is 0 Å². The summed E-state index contributed by atoms with van der Waals surface area (Å²) in [6, 6.07) is 0. The molecule has 0 fully saturated rings. The van der Waals surface area contributed by atoms with Crippen molar-refractivity contribution in [2.45, 2.75) is 13.8 Å². The smallest absolute Gasteiger partial charge is 0.341 e. The number of hydrogen-bond acceptors (Lipinski definition) is 5. The maximum atomic E-state index is 11.6. The van der Waals surface area contributed by atoms with E-state index in [0.29, 0.717) is 16.6 Å². The van der Waals surface area contributed by atoms with Crippen LogP contribution in [-0.4, -0.2) is 32.9 Å². The molecule has 2 N–H and O–H groups in total. The Balaban J connectivity index is 2.64. The maximum Gasteiger partial charge on any atom is 0.341 e. The zero-order valence-corrected chi connectivity index (χ0v) is 8.94. The third-order valence-corrected chi connectivity index (χ3v) is 2.25.